The lowest BCUT2D eigenvalue weighted by atomic mass is 10.2. The zero-order valence-electron chi connectivity index (χ0n) is 9.65. The Balaban J connectivity index is 2.81. The Morgan fingerprint density at radius 2 is 1.57 bits per heavy atom. The molecule has 0 radical (unpaired) electrons. The van der Waals surface area contributed by atoms with Crippen molar-refractivity contribution in [2.45, 2.75) is 58.3 Å². The highest BCUT2D eigenvalue weighted by atomic mass is 14.8. The Hall–Kier alpha value is -0.370. The summed E-state index contributed by atoms with van der Waals surface area (Å²) in [6, 6.07) is 0. The third-order valence-corrected chi connectivity index (χ3v) is 2.41. The van der Waals surface area contributed by atoms with Gasteiger partial charge in [-0.2, -0.15) is 0 Å². The van der Waals surface area contributed by atoms with Crippen molar-refractivity contribution in [3.63, 3.8) is 0 Å². The van der Waals surface area contributed by atoms with Crippen LogP contribution in [0, 0.1) is 5.41 Å². The molecule has 0 unspecified atom stereocenters. The third-order valence-electron chi connectivity index (χ3n) is 2.41. The molecule has 2 N–H and O–H groups in total. The van der Waals surface area contributed by atoms with Crippen molar-refractivity contribution in [2.24, 2.45) is 0 Å². The molecule has 84 valence electrons. The van der Waals surface area contributed by atoms with E-state index in [1.165, 1.54) is 57.7 Å². The number of unbranched alkanes of at least 4 members (excludes halogenated alkanes) is 6. The highest BCUT2D eigenvalue weighted by molar-refractivity contribution is 5.52. The van der Waals surface area contributed by atoms with Crippen molar-refractivity contribution in [1.29, 1.82) is 5.41 Å². The summed E-state index contributed by atoms with van der Waals surface area (Å²) in [4.78, 5) is 0. The fourth-order valence-corrected chi connectivity index (χ4v) is 1.47. The first-order chi connectivity index (χ1) is 6.91. The summed E-state index contributed by atoms with van der Waals surface area (Å²) in [5.74, 6) is 0. The molecule has 2 heteroatoms. The molecule has 0 saturated heterocycles. The number of rotatable bonds is 11. The summed E-state index contributed by atoms with van der Waals surface area (Å²) in [6.45, 7) is 4.59. The van der Waals surface area contributed by atoms with Crippen molar-refractivity contribution in [1.82, 2.24) is 5.32 Å². The lowest BCUT2D eigenvalue weighted by molar-refractivity contribution is 0.570. The lowest BCUT2D eigenvalue weighted by Gasteiger charge is -2.03. The maximum Gasteiger partial charge on any atom is -0.00477 e. The molecule has 0 aromatic rings. The van der Waals surface area contributed by atoms with Gasteiger partial charge >= 0.3 is 0 Å². The second-order valence-corrected chi connectivity index (χ2v) is 3.86. The zero-order chi connectivity index (χ0) is 10.5. The molecular formula is C12H26N2. The van der Waals surface area contributed by atoms with Crippen LogP contribution >= 0.6 is 0 Å². The Labute approximate surface area is 89.0 Å². The van der Waals surface area contributed by atoms with Gasteiger partial charge in [-0.1, -0.05) is 32.6 Å². The van der Waals surface area contributed by atoms with E-state index in [9.17, 15) is 0 Å². The predicted molar refractivity (Wildman–Crippen MR) is 64.3 cm³/mol. The Morgan fingerprint density at radius 3 is 2.14 bits per heavy atom. The fraction of sp³-hybridized carbons (Fsp3) is 0.917. The lowest BCUT2D eigenvalue weighted by Crippen LogP contribution is -2.16. The number of nitrogens with one attached hydrogen (secondary N) is 2. The summed E-state index contributed by atoms with van der Waals surface area (Å²) >= 11 is 0. The monoisotopic (exact) mass is 198 g/mol. The van der Waals surface area contributed by atoms with E-state index in [-0.39, 0.29) is 0 Å². The van der Waals surface area contributed by atoms with E-state index < -0.39 is 0 Å². The molecule has 0 aliphatic heterocycles. The summed E-state index contributed by atoms with van der Waals surface area (Å²) in [7, 11) is 0. The number of hydrogen-bond donors (Lipinski definition) is 2. The first kappa shape index (κ1) is 13.6. The van der Waals surface area contributed by atoms with Crippen molar-refractivity contribution in [3.05, 3.63) is 0 Å². The first-order valence-electron chi connectivity index (χ1n) is 6.11. The molecule has 0 atom stereocenters. The first-order valence-corrected chi connectivity index (χ1v) is 6.11. The van der Waals surface area contributed by atoms with Gasteiger partial charge in [0.1, 0.15) is 0 Å². The molecular weight excluding hydrogens is 172 g/mol. The molecule has 0 fully saturated rings. The van der Waals surface area contributed by atoms with Gasteiger partial charge in [-0.3, -0.25) is 0 Å². The Morgan fingerprint density at radius 1 is 0.929 bits per heavy atom. The van der Waals surface area contributed by atoms with Gasteiger partial charge in [0.25, 0.3) is 0 Å². The van der Waals surface area contributed by atoms with Gasteiger partial charge in [0, 0.05) is 0 Å². The average Bonchev–Trinajstić information content (AvgIpc) is 2.21. The molecule has 0 rings (SSSR count). The topological polar surface area (TPSA) is 35.9 Å². The van der Waals surface area contributed by atoms with Gasteiger partial charge in [-0.15, -0.1) is 0 Å². The van der Waals surface area contributed by atoms with Crippen LogP contribution in [0.4, 0.5) is 0 Å². The van der Waals surface area contributed by atoms with Gasteiger partial charge in [-0.05, 0) is 45.0 Å². The van der Waals surface area contributed by atoms with E-state index in [2.05, 4.69) is 12.2 Å². The molecule has 0 saturated carbocycles. The van der Waals surface area contributed by atoms with Crippen LogP contribution in [-0.4, -0.2) is 19.3 Å². The van der Waals surface area contributed by atoms with Crippen molar-refractivity contribution < 1.29 is 0 Å². The Kier molecular flexibility index (Phi) is 12.3. The summed E-state index contributed by atoms with van der Waals surface area (Å²) < 4.78 is 0. The summed E-state index contributed by atoms with van der Waals surface area (Å²) in [6.07, 6.45) is 11.6. The highest BCUT2D eigenvalue weighted by Crippen LogP contribution is 1.98. The van der Waals surface area contributed by atoms with Crippen LogP contribution < -0.4 is 5.32 Å². The SMILES string of the molecule is CCCCCCNCCCCCC=N. The van der Waals surface area contributed by atoms with Crippen molar-refractivity contribution >= 4 is 6.21 Å². The van der Waals surface area contributed by atoms with Crippen molar-refractivity contribution in [3.8, 4) is 0 Å². The minimum absolute atomic E-state index is 0.955. The second-order valence-electron chi connectivity index (χ2n) is 3.86. The molecule has 0 amide bonds. The third kappa shape index (κ3) is 11.6. The normalized spacial score (nSPS) is 10.4. The molecule has 0 aliphatic carbocycles. The van der Waals surface area contributed by atoms with E-state index in [0.717, 1.165) is 13.0 Å². The largest absolute Gasteiger partial charge is 0.317 e. The van der Waals surface area contributed by atoms with Gasteiger partial charge in [-0.25, -0.2) is 0 Å². The van der Waals surface area contributed by atoms with Gasteiger partial charge in [0.15, 0.2) is 0 Å². The van der Waals surface area contributed by atoms with Crippen LogP contribution in [0.25, 0.3) is 0 Å². The van der Waals surface area contributed by atoms with E-state index in [1.807, 2.05) is 0 Å². The molecule has 0 spiro atoms. The van der Waals surface area contributed by atoms with Crippen molar-refractivity contribution in [2.75, 3.05) is 13.1 Å². The maximum absolute atomic E-state index is 6.87. The molecule has 2 nitrogen and oxygen atoms in total. The minimum atomic E-state index is 0.955. The van der Waals surface area contributed by atoms with Gasteiger partial charge in [0.2, 0.25) is 0 Å². The van der Waals surface area contributed by atoms with Gasteiger partial charge < -0.3 is 10.7 Å². The van der Waals surface area contributed by atoms with E-state index >= 15 is 0 Å². The molecule has 0 aliphatic rings. The average molecular weight is 198 g/mol. The summed E-state index contributed by atoms with van der Waals surface area (Å²) in [5, 5.41) is 10.3. The molecule has 0 heterocycles. The smallest absolute Gasteiger partial charge is 0.00477 e. The summed E-state index contributed by atoms with van der Waals surface area (Å²) in [5.41, 5.74) is 0. The van der Waals surface area contributed by atoms with E-state index in [4.69, 9.17) is 5.41 Å². The molecule has 0 bridgehead atoms. The maximum atomic E-state index is 6.87. The molecule has 14 heavy (non-hydrogen) atoms. The van der Waals surface area contributed by atoms with Crippen LogP contribution in [0.2, 0.25) is 0 Å². The standard InChI is InChI=1S/C12H26N2/c1-2-3-4-8-11-14-12-9-6-5-7-10-13/h10,13-14H,2-9,11-12H2,1H3. The molecule has 0 aromatic carbocycles. The minimum Gasteiger partial charge on any atom is -0.317 e. The van der Waals surface area contributed by atoms with Crippen LogP contribution in [0.3, 0.4) is 0 Å². The van der Waals surface area contributed by atoms with Crippen LogP contribution in [0.1, 0.15) is 58.3 Å². The Bertz CT molecular complexity index is 113. The zero-order valence-corrected chi connectivity index (χ0v) is 9.65. The van der Waals surface area contributed by atoms with Gasteiger partial charge in [0.05, 0.1) is 0 Å². The number of hydrogen-bond acceptors (Lipinski definition) is 2. The van der Waals surface area contributed by atoms with Crippen LogP contribution in [-0.2, 0) is 0 Å². The highest BCUT2D eigenvalue weighted by Gasteiger charge is 1.89. The van der Waals surface area contributed by atoms with E-state index in [1.54, 1.807) is 0 Å². The predicted octanol–water partition coefficient (Wildman–Crippen LogP) is 3.37. The second kappa shape index (κ2) is 12.6. The van der Waals surface area contributed by atoms with Crippen LogP contribution in [0.15, 0.2) is 0 Å². The molecule has 0 aromatic heterocycles. The fourth-order valence-electron chi connectivity index (χ4n) is 1.47. The van der Waals surface area contributed by atoms with Crippen LogP contribution in [0.5, 0.6) is 0 Å². The quantitative estimate of drug-likeness (QED) is 0.387. The van der Waals surface area contributed by atoms with E-state index in [0.29, 0.717) is 0 Å².